The fraction of sp³-hybridized carbons (Fsp3) is 0.308. The maximum absolute atomic E-state index is 12.4. The molecule has 1 saturated heterocycles. The lowest BCUT2D eigenvalue weighted by molar-refractivity contribution is 0.0703. The number of rotatable bonds is 8. The second-order valence-corrected chi connectivity index (χ2v) is 8.05. The number of likely N-dealkylation sites (tertiary alicyclic amines) is 1. The molecule has 3 aromatic rings. The van der Waals surface area contributed by atoms with E-state index in [1.807, 2.05) is 55.6 Å². The Kier molecular flexibility index (Phi) is 6.88. The largest absolute Gasteiger partial charge is 0.494 e. The van der Waals surface area contributed by atoms with Gasteiger partial charge >= 0.3 is 0 Å². The molecule has 1 aromatic heterocycles. The van der Waals surface area contributed by atoms with Crippen LogP contribution >= 0.6 is 0 Å². The van der Waals surface area contributed by atoms with Gasteiger partial charge in [-0.2, -0.15) is 5.26 Å². The van der Waals surface area contributed by atoms with Crippen LogP contribution in [0.3, 0.4) is 0 Å². The van der Waals surface area contributed by atoms with Crippen LogP contribution in [0.4, 0.5) is 0 Å². The van der Waals surface area contributed by atoms with Crippen molar-refractivity contribution in [3.8, 4) is 22.9 Å². The summed E-state index contributed by atoms with van der Waals surface area (Å²) >= 11 is 0. The third-order valence-electron chi connectivity index (χ3n) is 5.94. The van der Waals surface area contributed by atoms with Gasteiger partial charge in [0.15, 0.2) is 5.76 Å². The van der Waals surface area contributed by atoms with Crippen molar-refractivity contribution >= 4 is 5.91 Å². The Hall–Kier alpha value is -3.56. The number of nitrogens with zero attached hydrogens (tertiary/aromatic N) is 3. The summed E-state index contributed by atoms with van der Waals surface area (Å²) in [6.07, 6.45) is 3.43. The Morgan fingerprint density at radius 3 is 2.53 bits per heavy atom. The molecule has 2 aromatic carbocycles. The molecule has 0 unspecified atom stereocenters. The first-order valence-electron chi connectivity index (χ1n) is 10.9. The Bertz CT molecular complexity index is 1050. The van der Waals surface area contributed by atoms with Crippen LogP contribution in [0.25, 0.3) is 11.1 Å². The summed E-state index contributed by atoms with van der Waals surface area (Å²) in [5.74, 6) is 1.18. The topological polar surface area (TPSA) is 69.7 Å². The van der Waals surface area contributed by atoms with E-state index < -0.39 is 0 Å². The van der Waals surface area contributed by atoms with Crippen LogP contribution in [0.1, 0.15) is 29.0 Å². The first kappa shape index (κ1) is 21.7. The molecule has 1 atom stereocenters. The summed E-state index contributed by atoms with van der Waals surface area (Å²) < 4.78 is 11.1. The van der Waals surface area contributed by atoms with E-state index in [-0.39, 0.29) is 11.9 Å². The van der Waals surface area contributed by atoms with E-state index in [2.05, 4.69) is 11.0 Å². The van der Waals surface area contributed by atoms with Gasteiger partial charge in [0.05, 0.1) is 24.5 Å². The molecule has 164 valence electrons. The molecule has 6 heteroatoms. The van der Waals surface area contributed by atoms with Gasteiger partial charge in [0.2, 0.25) is 0 Å². The molecule has 0 radical (unpaired) electrons. The van der Waals surface area contributed by atoms with Gasteiger partial charge in [-0.25, -0.2) is 0 Å². The first-order chi connectivity index (χ1) is 15.6. The summed E-state index contributed by atoms with van der Waals surface area (Å²) in [5, 5.41) is 8.91. The van der Waals surface area contributed by atoms with Crippen molar-refractivity contribution in [1.82, 2.24) is 9.80 Å². The maximum atomic E-state index is 12.4. The quantitative estimate of drug-likeness (QED) is 0.496. The highest BCUT2D eigenvalue weighted by Gasteiger charge is 2.29. The Labute approximate surface area is 188 Å². The minimum atomic E-state index is -0.0605. The number of nitriles is 1. The molecule has 2 heterocycles. The molecule has 0 aliphatic carbocycles. The van der Waals surface area contributed by atoms with Gasteiger partial charge in [-0.3, -0.25) is 4.79 Å². The van der Waals surface area contributed by atoms with Crippen LogP contribution in [0, 0.1) is 11.3 Å². The second kappa shape index (κ2) is 10.2. The van der Waals surface area contributed by atoms with Gasteiger partial charge < -0.3 is 19.0 Å². The molecule has 4 rings (SSSR count). The normalized spacial score (nSPS) is 15.9. The van der Waals surface area contributed by atoms with E-state index in [0.29, 0.717) is 17.9 Å². The van der Waals surface area contributed by atoms with E-state index in [4.69, 9.17) is 14.4 Å². The average molecular weight is 430 g/mol. The van der Waals surface area contributed by atoms with Crippen LogP contribution in [0.15, 0.2) is 71.3 Å². The summed E-state index contributed by atoms with van der Waals surface area (Å²) in [6.45, 7) is 3.46. The zero-order valence-corrected chi connectivity index (χ0v) is 18.2. The molecular formula is C26H27N3O3. The van der Waals surface area contributed by atoms with Crippen LogP contribution < -0.4 is 4.74 Å². The number of hydrogen-bond donors (Lipinski definition) is 0. The summed E-state index contributed by atoms with van der Waals surface area (Å²) in [4.78, 5) is 16.6. The smallest absolute Gasteiger partial charge is 0.289 e. The standard InChI is InChI=1S/C26H27N3O3/c1-28(26(30)25-4-2-16-32-25)23-13-15-29(19-23)14-3-17-31-24-11-9-22(10-12-24)21-7-5-20(18-27)6-8-21/h2,4-12,16,23H,3,13-15,17,19H2,1H3/t23-/m1/s1. The monoisotopic (exact) mass is 429 g/mol. The zero-order valence-electron chi connectivity index (χ0n) is 18.2. The van der Waals surface area contributed by atoms with Gasteiger partial charge in [-0.1, -0.05) is 24.3 Å². The average Bonchev–Trinajstić information content (AvgIpc) is 3.54. The van der Waals surface area contributed by atoms with E-state index in [1.165, 1.54) is 6.26 Å². The third kappa shape index (κ3) is 5.19. The van der Waals surface area contributed by atoms with Crippen molar-refractivity contribution in [3.63, 3.8) is 0 Å². The van der Waals surface area contributed by atoms with Crippen LogP contribution in [-0.2, 0) is 0 Å². The number of carbonyl (C=O) groups is 1. The molecule has 1 amide bonds. The number of amides is 1. The molecule has 1 fully saturated rings. The van der Waals surface area contributed by atoms with Crippen molar-refractivity contribution in [3.05, 3.63) is 78.3 Å². The van der Waals surface area contributed by atoms with E-state index in [1.54, 1.807) is 17.0 Å². The zero-order chi connectivity index (χ0) is 22.3. The van der Waals surface area contributed by atoms with Crippen molar-refractivity contribution in [2.24, 2.45) is 0 Å². The second-order valence-electron chi connectivity index (χ2n) is 8.05. The Balaban J connectivity index is 1.18. The maximum Gasteiger partial charge on any atom is 0.289 e. The SMILES string of the molecule is CN(C(=O)c1ccco1)[C@@H]1CCN(CCCOc2ccc(-c3ccc(C#N)cc3)cc2)C1. The van der Waals surface area contributed by atoms with Crippen LogP contribution in [-0.4, -0.2) is 55.0 Å². The summed E-state index contributed by atoms with van der Waals surface area (Å²) in [6, 6.07) is 21.4. The lowest BCUT2D eigenvalue weighted by Gasteiger charge is -2.24. The molecule has 0 bridgehead atoms. The van der Waals surface area contributed by atoms with Crippen LogP contribution in [0.2, 0.25) is 0 Å². The van der Waals surface area contributed by atoms with Gasteiger partial charge in [-0.15, -0.1) is 0 Å². The van der Waals surface area contributed by atoms with E-state index in [0.717, 1.165) is 49.4 Å². The van der Waals surface area contributed by atoms with Gasteiger partial charge in [-0.05, 0) is 60.4 Å². The van der Waals surface area contributed by atoms with E-state index >= 15 is 0 Å². The first-order valence-corrected chi connectivity index (χ1v) is 10.9. The minimum Gasteiger partial charge on any atom is -0.494 e. The molecule has 0 N–H and O–H groups in total. The molecule has 0 saturated carbocycles. The fourth-order valence-electron chi connectivity index (χ4n) is 4.03. The van der Waals surface area contributed by atoms with Crippen molar-refractivity contribution in [2.45, 2.75) is 18.9 Å². The molecule has 1 aliphatic heterocycles. The van der Waals surface area contributed by atoms with Crippen molar-refractivity contribution in [1.29, 1.82) is 5.26 Å². The molecule has 1 aliphatic rings. The molecule has 32 heavy (non-hydrogen) atoms. The number of hydrogen-bond acceptors (Lipinski definition) is 5. The van der Waals surface area contributed by atoms with Crippen LogP contribution in [0.5, 0.6) is 5.75 Å². The highest BCUT2D eigenvalue weighted by molar-refractivity contribution is 5.91. The summed E-state index contributed by atoms with van der Waals surface area (Å²) in [5.41, 5.74) is 2.83. The number of likely N-dealkylation sites (N-methyl/N-ethyl adjacent to an activating group) is 1. The Morgan fingerprint density at radius 1 is 1.16 bits per heavy atom. The van der Waals surface area contributed by atoms with Gasteiger partial charge in [0.1, 0.15) is 5.75 Å². The van der Waals surface area contributed by atoms with Gasteiger partial charge in [0, 0.05) is 32.7 Å². The lowest BCUT2D eigenvalue weighted by Crippen LogP contribution is -2.39. The number of furan rings is 1. The number of ether oxygens (including phenoxy) is 1. The number of carbonyl (C=O) groups excluding carboxylic acids is 1. The van der Waals surface area contributed by atoms with Gasteiger partial charge in [0.25, 0.3) is 5.91 Å². The highest BCUT2D eigenvalue weighted by atomic mass is 16.5. The lowest BCUT2D eigenvalue weighted by atomic mass is 10.0. The molecular weight excluding hydrogens is 402 g/mol. The van der Waals surface area contributed by atoms with Crippen molar-refractivity contribution < 1.29 is 13.9 Å². The van der Waals surface area contributed by atoms with E-state index in [9.17, 15) is 4.79 Å². The van der Waals surface area contributed by atoms with Crippen molar-refractivity contribution in [2.75, 3.05) is 33.3 Å². The predicted octanol–water partition coefficient (Wildman–Crippen LogP) is 4.43. The summed E-state index contributed by atoms with van der Waals surface area (Å²) in [7, 11) is 1.85. The third-order valence-corrected chi connectivity index (χ3v) is 5.94. The molecule has 0 spiro atoms. The Morgan fingerprint density at radius 2 is 1.88 bits per heavy atom. The highest BCUT2D eigenvalue weighted by Crippen LogP contribution is 2.23. The molecule has 6 nitrogen and oxygen atoms in total. The minimum absolute atomic E-state index is 0.0605. The predicted molar refractivity (Wildman–Crippen MR) is 122 cm³/mol. The number of benzene rings is 2. The fourth-order valence-corrected chi connectivity index (χ4v) is 4.03.